The topological polar surface area (TPSA) is 50.4 Å². The fourth-order valence-corrected chi connectivity index (χ4v) is 2.42. The number of halogens is 5. The number of alkyl halides is 3. The van der Waals surface area contributed by atoms with Crippen LogP contribution in [0.1, 0.15) is 36.8 Å². The number of hydrogen-bond donors (Lipinski definition) is 2. The Morgan fingerprint density at radius 1 is 1.18 bits per heavy atom. The maximum absolute atomic E-state index is 13.6. The Bertz CT molecular complexity index is 562. The third-order valence-corrected chi connectivity index (χ3v) is 3.57. The van der Waals surface area contributed by atoms with Crippen molar-refractivity contribution >= 4 is 5.96 Å². The summed E-state index contributed by atoms with van der Waals surface area (Å²) in [6, 6.07) is 0.851. The standard InChI is InChI=1S/C14H16F5N3/c15-11-6-10(14(17,18)19)12(16)5-8(11)7-21-13(20)22-9-3-1-2-4-9/h5-6,9H,1-4,7H2,(H3,20,21,22). The van der Waals surface area contributed by atoms with Crippen molar-refractivity contribution in [3.63, 3.8) is 0 Å². The molecule has 0 heterocycles. The van der Waals surface area contributed by atoms with Crippen molar-refractivity contribution in [2.75, 3.05) is 0 Å². The maximum atomic E-state index is 13.6. The molecular weight excluding hydrogens is 305 g/mol. The molecular formula is C14H16F5N3. The Kier molecular flexibility index (Phi) is 4.87. The van der Waals surface area contributed by atoms with Crippen molar-refractivity contribution in [3.8, 4) is 0 Å². The summed E-state index contributed by atoms with van der Waals surface area (Å²) in [5, 5.41) is 2.95. The van der Waals surface area contributed by atoms with Gasteiger partial charge in [0.1, 0.15) is 11.6 Å². The maximum Gasteiger partial charge on any atom is 0.419 e. The van der Waals surface area contributed by atoms with E-state index in [-0.39, 0.29) is 30.2 Å². The lowest BCUT2D eigenvalue weighted by Gasteiger charge is -2.13. The first kappa shape index (κ1) is 16.5. The molecule has 0 saturated heterocycles. The van der Waals surface area contributed by atoms with E-state index < -0.39 is 23.4 Å². The summed E-state index contributed by atoms with van der Waals surface area (Å²) in [5.41, 5.74) is 3.73. The van der Waals surface area contributed by atoms with Crippen LogP contribution in [0.15, 0.2) is 17.1 Å². The fraction of sp³-hybridized carbons (Fsp3) is 0.500. The van der Waals surface area contributed by atoms with E-state index in [0.29, 0.717) is 6.07 Å². The van der Waals surface area contributed by atoms with Gasteiger partial charge in [0.05, 0.1) is 12.1 Å². The SMILES string of the molecule is NC(=NCc1cc(F)c(C(F)(F)F)cc1F)NC1CCCC1. The van der Waals surface area contributed by atoms with Crippen LogP contribution in [-0.2, 0) is 12.7 Å². The summed E-state index contributed by atoms with van der Waals surface area (Å²) >= 11 is 0. The largest absolute Gasteiger partial charge is 0.419 e. The molecule has 1 aromatic carbocycles. The summed E-state index contributed by atoms with van der Waals surface area (Å²) in [6.45, 7) is -0.327. The van der Waals surface area contributed by atoms with E-state index in [1.807, 2.05) is 0 Å². The molecule has 3 N–H and O–H groups in total. The zero-order valence-electron chi connectivity index (χ0n) is 11.7. The lowest BCUT2D eigenvalue weighted by atomic mass is 10.1. The number of guanidine groups is 1. The fourth-order valence-electron chi connectivity index (χ4n) is 2.42. The van der Waals surface area contributed by atoms with Gasteiger partial charge in [-0.3, -0.25) is 0 Å². The van der Waals surface area contributed by atoms with E-state index in [1.165, 1.54) is 0 Å². The average molecular weight is 321 g/mol. The summed E-state index contributed by atoms with van der Waals surface area (Å²) in [7, 11) is 0. The molecule has 1 aromatic rings. The number of rotatable bonds is 3. The van der Waals surface area contributed by atoms with E-state index in [1.54, 1.807) is 0 Å². The van der Waals surface area contributed by atoms with Crippen LogP contribution < -0.4 is 11.1 Å². The van der Waals surface area contributed by atoms with Crippen LogP contribution in [-0.4, -0.2) is 12.0 Å². The van der Waals surface area contributed by atoms with Gasteiger partial charge in [-0.1, -0.05) is 12.8 Å². The van der Waals surface area contributed by atoms with Crippen molar-refractivity contribution in [3.05, 3.63) is 34.9 Å². The van der Waals surface area contributed by atoms with Gasteiger partial charge in [-0.2, -0.15) is 13.2 Å². The van der Waals surface area contributed by atoms with Crippen molar-refractivity contribution < 1.29 is 22.0 Å². The Labute approximate surface area is 124 Å². The van der Waals surface area contributed by atoms with Crippen molar-refractivity contribution in [2.45, 2.75) is 44.4 Å². The average Bonchev–Trinajstić information content (AvgIpc) is 2.90. The van der Waals surface area contributed by atoms with Gasteiger partial charge in [-0.25, -0.2) is 13.8 Å². The van der Waals surface area contributed by atoms with Crippen LogP contribution in [0.2, 0.25) is 0 Å². The van der Waals surface area contributed by atoms with Gasteiger partial charge < -0.3 is 11.1 Å². The molecule has 0 unspecified atom stereocenters. The van der Waals surface area contributed by atoms with Crippen molar-refractivity contribution in [1.29, 1.82) is 0 Å². The van der Waals surface area contributed by atoms with Gasteiger partial charge in [-0.15, -0.1) is 0 Å². The molecule has 22 heavy (non-hydrogen) atoms. The van der Waals surface area contributed by atoms with Crippen LogP contribution in [0.3, 0.4) is 0 Å². The zero-order chi connectivity index (χ0) is 16.3. The van der Waals surface area contributed by atoms with Crippen LogP contribution in [0.4, 0.5) is 22.0 Å². The van der Waals surface area contributed by atoms with Crippen LogP contribution in [0, 0.1) is 11.6 Å². The quantitative estimate of drug-likeness (QED) is 0.510. The highest BCUT2D eigenvalue weighted by atomic mass is 19.4. The van der Waals surface area contributed by atoms with Crippen molar-refractivity contribution in [1.82, 2.24) is 5.32 Å². The monoisotopic (exact) mass is 321 g/mol. The molecule has 0 atom stereocenters. The van der Waals surface area contributed by atoms with Gasteiger partial charge in [0.25, 0.3) is 0 Å². The van der Waals surface area contributed by atoms with E-state index in [0.717, 1.165) is 25.7 Å². The predicted octanol–water partition coefficient (Wildman–Crippen LogP) is 3.33. The molecule has 0 aliphatic heterocycles. The minimum atomic E-state index is -4.93. The molecule has 1 saturated carbocycles. The van der Waals surface area contributed by atoms with Crippen molar-refractivity contribution in [2.24, 2.45) is 10.7 Å². The molecule has 0 radical (unpaired) electrons. The Morgan fingerprint density at radius 2 is 1.82 bits per heavy atom. The van der Waals surface area contributed by atoms with E-state index in [4.69, 9.17) is 5.73 Å². The summed E-state index contributed by atoms with van der Waals surface area (Å²) in [5.74, 6) is -2.61. The molecule has 1 fully saturated rings. The predicted molar refractivity (Wildman–Crippen MR) is 72.1 cm³/mol. The Morgan fingerprint density at radius 3 is 2.41 bits per heavy atom. The Hall–Kier alpha value is -1.86. The molecule has 8 heteroatoms. The number of nitrogens with one attached hydrogen (secondary N) is 1. The van der Waals surface area contributed by atoms with Crippen LogP contribution >= 0.6 is 0 Å². The highest BCUT2D eigenvalue weighted by Crippen LogP contribution is 2.32. The molecule has 3 nitrogen and oxygen atoms in total. The van der Waals surface area contributed by atoms with Gasteiger partial charge in [0.15, 0.2) is 5.96 Å². The van der Waals surface area contributed by atoms with Gasteiger partial charge in [0.2, 0.25) is 0 Å². The minimum absolute atomic E-state index is 0.0756. The van der Waals surface area contributed by atoms with Gasteiger partial charge in [-0.05, 0) is 25.0 Å². The Balaban J connectivity index is 2.08. The molecule has 0 aromatic heterocycles. The minimum Gasteiger partial charge on any atom is -0.370 e. The summed E-state index contributed by atoms with van der Waals surface area (Å²) in [4.78, 5) is 3.85. The third kappa shape index (κ3) is 4.08. The molecule has 1 aliphatic rings. The third-order valence-electron chi connectivity index (χ3n) is 3.57. The van der Waals surface area contributed by atoms with E-state index in [9.17, 15) is 22.0 Å². The molecule has 0 spiro atoms. The normalized spacial score (nSPS) is 17.0. The molecule has 0 amide bonds. The van der Waals surface area contributed by atoms with Crippen LogP contribution in [0.5, 0.6) is 0 Å². The smallest absolute Gasteiger partial charge is 0.370 e. The van der Waals surface area contributed by atoms with Crippen LogP contribution in [0.25, 0.3) is 0 Å². The summed E-state index contributed by atoms with van der Waals surface area (Å²) in [6.07, 6.45) is -0.845. The molecule has 1 aliphatic carbocycles. The summed E-state index contributed by atoms with van der Waals surface area (Å²) < 4.78 is 64.3. The second-order valence-corrected chi connectivity index (χ2v) is 5.25. The number of nitrogens with two attached hydrogens (primary N) is 1. The lowest BCUT2D eigenvalue weighted by molar-refractivity contribution is -0.140. The van der Waals surface area contributed by atoms with Gasteiger partial charge in [0, 0.05) is 11.6 Å². The second kappa shape index (κ2) is 6.50. The highest BCUT2D eigenvalue weighted by molar-refractivity contribution is 5.78. The van der Waals surface area contributed by atoms with Gasteiger partial charge >= 0.3 is 6.18 Å². The first-order valence-electron chi connectivity index (χ1n) is 6.89. The van der Waals surface area contributed by atoms with E-state index in [2.05, 4.69) is 10.3 Å². The number of aliphatic imine (C=N–C) groups is 1. The second-order valence-electron chi connectivity index (χ2n) is 5.25. The molecule has 0 bridgehead atoms. The number of hydrogen-bond acceptors (Lipinski definition) is 1. The number of nitrogens with zero attached hydrogens (tertiary/aromatic N) is 1. The molecule has 2 rings (SSSR count). The molecule has 122 valence electrons. The zero-order valence-corrected chi connectivity index (χ0v) is 11.7. The lowest BCUT2D eigenvalue weighted by Crippen LogP contribution is -2.38. The highest BCUT2D eigenvalue weighted by Gasteiger charge is 2.35. The van der Waals surface area contributed by atoms with E-state index >= 15 is 0 Å². The number of benzene rings is 1. The first-order chi connectivity index (χ1) is 10.3. The first-order valence-corrected chi connectivity index (χ1v) is 6.89.